The number of nitrogens with zero attached hydrogens (tertiary/aromatic N) is 2. The highest BCUT2D eigenvalue weighted by Crippen LogP contribution is 2.25. The second-order valence-corrected chi connectivity index (χ2v) is 9.25. The fourth-order valence-electron chi connectivity index (χ4n) is 4.02. The summed E-state index contributed by atoms with van der Waals surface area (Å²) in [6.07, 6.45) is 3.58. The molecular weight excluding hydrogens is 502 g/mol. The van der Waals surface area contributed by atoms with Crippen LogP contribution in [0.1, 0.15) is 65.2 Å². The summed E-state index contributed by atoms with van der Waals surface area (Å²) < 4.78 is 16.9. The van der Waals surface area contributed by atoms with Gasteiger partial charge in [-0.1, -0.05) is 51.3 Å². The number of hydroxylamine groups is 2. The summed E-state index contributed by atoms with van der Waals surface area (Å²) in [5.74, 6) is 1.64. The van der Waals surface area contributed by atoms with E-state index < -0.39 is 24.5 Å². The van der Waals surface area contributed by atoms with Crippen LogP contribution in [0.15, 0.2) is 54.6 Å². The molecule has 3 rings (SSSR count). The van der Waals surface area contributed by atoms with Crippen molar-refractivity contribution in [1.82, 2.24) is 15.3 Å². The van der Waals surface area contributed by atoms with Gasteiger partial charge in [0.1, 0.15) is 17.2 Å². The van der Waals surface area contributed by atoms with Gasteiger partial charge in [0, 0.05) is 19.5 Å². The average Bonchev–Trinajstić information content (AvgIpc) is 2.94. The van der Waals surface area contributed by atoms with Crippen molar-refractivity contribution < 1.29 is 33.4 Å². The predicted molar refractivity (Wildman–Crippen MR) is 145 cm³/mol. The van der Waals surface area contributed by atoms with Crippen LogP contribution in [0.25, 0.3) is 0 Å². The van der Waals surface area contributed by atoms with Crippen molar-refractivity contribution in [2.75, 3.05) is 19.6 Å². The number of hydrogen-bond donors (Lipinski definition) is 1. The Morgan fingerprint density at radius 2 is 1.62 bits per heavy atom. The van der Waals surface area contributed by atoms with Gasteiger partial charge in [-0.15, -0.1) is 5.06 Å². The third-order valence-corrected chi connectivity index (χ3v) is 6.05. The number of benzene rings is 2. The number of rotatable bonds is 11. The molecule has 10 nitrogen and oxygen atoms in total. The van der Waals surface area contributed by atoms with E-state index >= 15 is 0 Å². The van der Waals surface area contributed by atoms with Crippen LogP contribution in [0.4, 0.5) is 14.4 Å². The fraction of sp³-hybridized carbons (Fsp3) is 0.483. The SMILES string of the molecule is CCCCCCNC(=O)ON(CCC)C(=O)OC1CCCCN1C(=O)Oc1ccc(Oc2ccccc2)cc1. The maximum absolute atomic E-state index is 13.0. The molecule has 2 aromatic rings. The van der Waals surface area contributed by atoms with E-state index in [0.717, 1.165) is 43.6 Å². The Kier molecular flexibility index (Phi) is 12.2. The molecule has 0 aromatic heterocycles. The van der Waals surface area contributed by atoms with Crippen LogP contribution in [-0.2, 0) is 9.57 Å². The van der Waals surface area contributed by atoms with Gasteiger partial charge in [-0.3, -0.25) is 4.90 Å². The van der Waals surface area contributed by atoms with Gasteiger partial charge in [0.05, 0.1) is 6.54 Å². The van der Waals surface area contributed by atoms with Gasteiger partial charge in [0.25, 0.3) is 0 Å². The number of hydrogen-bond acceptors (Lipinski definition) is 7. The van der Waals surface area contributed by atoms with Crippen molar-refractivity contribution in [2.24, 2.45) is 0 Å². The van der Waals surface area contributed by atoms with Gasteiger partial charge in [0.15, 0.2) is 6.23 Å². The van der Waals surface area contributed by atoms with Gasteiger partial charge < -0.3 is 24.4 Å². The quantitative estimate of drug-likeness (QED) is 0.245. The molecule has 212 valence electrons. The summed E-state index contributed by atoms with van der Waals surface area (Å²) >= 11 is 0. The number of nitrogens with one attached hydrogen (secondary N) is 1. The van der Waals surface area contributed by atoms with Crippen molar-refractivity contribution >= 4 is 18.3 Å². The smallest absolute Gasteiger partial charge is 0.445 e. The van der Waals surface area contributed by atoms with Crippen LogP contribution in [0.3, 0.4) is 0 Å². The molecule has 39 heavy (non-hydrogen) atoms. The summed E-state index contributed by atoms with van der Waals surface area (Å²) in [5, 5.41) is 3.55. The van der Waals surface area contributed by atoms with Crippen molar-refractivity contribution in [3.8, 4) is 17.2 Å². The van der Waals surface area contributed by atoms with E-state index in [1.54, 1.807) is 24.3 Å². The van der Waals surface area contributed by atoms with Gasteiger partial charge >= 0.3 is 18.3 Å². The average molecular weight is 542 g/mol. The van der Waals surface area contributed by atoms with Crippen molar-refractivity contribution in [1.29, 1.82) is 0 Å². The minimum atomic E-state index is -0.834. The van der Waals surface area contributed by atoms with Gasteiger partial charge in [-0.2, -0.15) is 0 Å². The Balaban J connectivity index is 1.53. The molecule has 1 saturated heterocycles. The highest BCUT2D eigenvalue weighted by atomic mass is 16.8. The lowest BCUT2D eigenvalue weighted by atomic mass is 10.1. The van der Waals surface area contributed by atoms with Crippen LogP contribution in [0.5, 0.6) is 17.2 Å². The molecule has 1 aliphatic rings. The highest BCUT2D eigenvalue weighted by molar-refractivity contribution is 5.74. The molecule has 0 aliphatic carbocycles. The predicted octanol–water partition coefficient (Wildman–Crippen LogP) is 6.86. The largest absolute Gasteiger partial charge is 0.457 e. The van der Waals surface area contributed by atoms with Gasteiger partial charge in [-0.25, -0.2) is 14.4 Å². The lowest BCUT2D eigenvalue weighted by Crippen LogP contribution is -2.49. The Labute approximate surface area is 230 Å². The first-order valence-corrected chi connectivity index (χ1v) is 13.8. The molecule has 1 aliphatic heterocycles. The number of carbonyl (C=O) groups is 3. The van der Waals surface area contributed by atoms with Crippen molar-refractivity contribution in [3.05, 3.63) is 54.6 Å². The molecule has 1 atom stereocenters. The molecule has 0 bridgehead atoms. The number of ether oxygens (including phenoxy) is 3. The second-order valence-electron chi connectivity index (χ2n) is 9.25. The van der Waals surface area contributed by atoms with E-state index in [-0.39, 0.29) is 6.54 Å². The molecule has 1 N–H and O–H groups in total. The molecule has 1 fully saturated rings. The summed E-state index contributed by atoms with van der Waals surface area (Å²) in [6, 6.07) is 16.0. The molecule has 1 heterocycles. The zero-order valence-electron chi connectivity index (χ0n) is 22.8. The van der Waals surface area contributed by atoms with E-state index in [2.05, 4.69) is 12.2 Å². The number of para-hydroxylation sites is 1. The van der Waals surface area contributed by atoms with Crippen LogP contribution in [0, 0.1) is 0 Å². The molecule has 0 spiro atoms. The van der Waals surface area contributed by atoms with E-state index in [1.165, 1.54) is 4.90 Å². The van der Waals surface area contributed by atoms with Crippen molar-refractivity contribution in [3.63, 3.8) is 0 Å². The first-order valence-electron chi connectivity index (χ1n) is 13.8. The molecule has 0 saturated carbocycles. The maximum Gasteiger partial charge on any atom is 0.445 e. The third-order valence-electron chi connectivity index (χ3n) is 6.05. The highest BCUT2D eigenvalue weighted by Gasteiger charge is 2.33. The first kappa shape index (κ1) is 29.6. The molecular formula is C29H39N3O7. The molecule has 2 aromatic carbocycles. The monoisotopic (exact) mass is 541 g/mol. The first-order chi connectivity index (χ1) is 19.0. The summed E-state index contributed by atoms with van der Waals surface area (Å²) in [4.78, 5) is 44.6. The number of amides is 3. The van der Waals surface area contributed by atoms with E-state index in [4.69, 9.17) is 19.0 Å². The van der Waals surface area contributed by atoms with E-state index in [9.17, 15) is 14.4 Å². The van der Waals surface area contributed by atoms with Crippen LogP contribution in [0.2, 0.25) is 0 Å². The molecule has 1 unspecified atom stereocenters. The Morgan fingerprint density at radius 3 is 2.33 bits per heavy atom. The number of likely N-dealkylation sites (tertiary alicyclic amines) is 1. The molecule has 3 amide bonds. The van der Waals surface area contributed by atoms with Gasteiger partial charge in [0.2, 0.25) is 0 Å². The normalized spacial score (nSPS) is 14.7. The Bertz CT molecular complexity index is 1030. The summed E-state index contributed by atoms with van der Waals surface area (Å²) in [6.45, 7) is 4.97. The van der Waals surface area contributed by atoms with Crippen LogP contribution in [-0.4, -0.2) is 54.1 Å². The van der Waals surface area contributed by atoms with E-state index in [1.807, 2.05) is 37.3 Å². The molecule has 0 radical (unpaired) electrons. The van der Waals surface area contributed by atoms with E-state index in [0.29, 0.717) is 43.2 Å². The standard InChI is InChI=1S/C29H39N3O7/c1-3-5-6-11-20-30-27(33)39-32(21-4-2)29(35)38-26-15-10-12-22-31(26)28(34)37-25-18-16-24(17-19-25)36-23-13-8-7-9-14-23/h7-9,13-14,16-19,26H,3-6,10-12,15,20-22H2,1-2H3,(H,30,33). The second kappa shape index (κ2) is 16.1. The van der Waals surface area contributed by atoms with Crippen LogP contribution >= 0.6 is 0 Å². The Morgan fingerprint density at radius 1 is 0.897 bits per heavy atom. The van der Waals surface area contributed by atoms with Crippen molar-refractivity contribution in [2.45, 2.75) is 71.4 Å². The molecule has 10 heteroatoms. The number of carbonyl (C=O) groups excluding carboxylic acids is 3. The topological polar surface area (TPSA) is 107 Å². The number of piperidine rings is 1. The summed E-state index contributed by atoms with van der Waals surface area (Å²) in [5.41, 5.74) is 0. The lowest BCUT2D eigenvalue weighted by Gasteiger charge is -2.34. The summed E-state index contributed by atoms with van der Waals surface area (Å²) in [7, 11) is 0. The zero-order valence-corrected chi connectivity index (χ0v) is 22.8. The Hall–Kier alpha value is -3.95. The fourth-order valence-corrected chi connectivity index (χ4v) is 4.02. The number of unbranched alkanes of at least 4 members (excludes halogenated alkanes) is 3. The van der Waals surface area contributed by atoms with Gasteiger partial charge in [-0.05, 0) is 62.1 Å². The lowest BCUT2D eigenvalue weighted by molar-refractivity contribution is -0.111. The zero-order chi connectivity index (χ0) is 27.9. The minimum absolute atomic E-state index is 0.163. The minimum Gasteiger partial charge on any atom is -0.457 e. The maximum atomic E-state index is 13.0. The third kappa shape index (κ3) is 10.0. The van der Waals surface area contributed by atoms with Crippen LogP contribution < -0.4 is 14.8 Å².